The van der Waals surface area contributed by atoms with Crippen molar-refractivity contribution < 1.29 is 31.1 Å². The van der Waals surface area contributed by atoms with Gasteiger partial charge in [0.1, 0.15) is 5.75 Å². The summed E-state index contributed by atoms with van der Waals surface area (Å²) < 4.78 is 65.1. The van der Waals surface area contributed by atoms with Gasteiger partial charge < -0.3 is 14.4 Å². The van der Waals surface area contributed by atoms with E-state index >= 15 is 0 Å². The van der Waals surface area contributed by atoms with E-state index in [1.165, 1.54) is 11.1 Å². The number of nitrogens with two attached hydrogens (primary N) is 1. The zero-order valence-corrected chi connectivity index (χ0v) is 29.2. The molecule has 2 aromatic carbocycles. The lowest BCUT2D eigenvalue weighted by Crippen LogP contribution is -2.49. The van der Waals surface area contributed by atoms with E-state index in [0.717, 1.165) is 37.8 Å². The van der Waals surface area contributed by atoms with Crippen LogP contribution < -0.4 is 19.5 Å². The van der Waals surface area contributed by atoms with Crippen LogP contribution in [-0.4, -0.2) is 66.2 Å². The van der Waals surface area contributed by atoms with E-state index < -0.39 is 31.2 Å². The van der Waals surface area contributed by atoms with Crippen LogP contribution in [-0.2, 0) is 36.6 Å². The summed E-state index contributed by atoms with van der Waals surface area (Å²) in [5.74, 6) is -0.280. The molecule has 2 heterocycles. The van der Waals surface area contributed by atoms with Gasteiger partial charge in [0.25, 0.3) is 5.91 Å². The molecule has 1 saturated carbocycles. The number of fused-ring (bicyclic) bond motifs is 4. The number of allylic oxidation sites excluding steroid dienone is 1. The fourth-order valence-corrected chi connectivity index (χ4v) is 9.43. The molecule has 1 spiro atoms. The Morgan fingerprint density at radius 2 is 1.98 bits per heavy atom. The summed E-state index contributed by atoms with van der Waals surface area (Å²) in [5, 5.41) is 5.13. The highest BCUT2D eigenvalue weighted by atomic mass is 35.5. The molecule has 0 unspecified atom stereocenters. The third-order valence-corrected chi connectivity index (χ3v) is 13.6. The molecule has 13 heteroatoms. The standard InChI is InChI=1S/C34H44ClN3O7S2/c1-22-5-3-7-31(44-15-16-46(36,40)41)28-11-8-26(28)19-38-20-34(14-4-6-24-17-27(35)10-12-29(24)34)21-45-32-13-9-25(18-30(32)38)33(39)37-47(42,43)23(22)2/h3,7,9-10,12-13,17-18,22-23,26,28,31H,4-6,8,11,14-16,19-21H2,1-2H3,(H,37,39)(H2,36,40,41)/b7-3+/t22-,23+,26-,28+,31-,34-/m0/s1. The summed E-state index contributed by atoms with van der Waals surface area (Å²) in [6, 6.07) is 11.2. The number of hydrogen-bond acceptors (Lipinski definition) is 8. The molecular formula is C34H44ClN3O7S2. The number of benzene rings is 2. The third-order valence-electron chi connectivity index (χ3n) is 10.7. The van der Waals surface area contributed by atoms with Crippen LogP contribution in [0.2, 0.25) is 5.02 Å². The summed E-state index contributed by atoms with van der Waals surface area (Å²) >= 11 is 6.41. The summed E-state index contributed by atoms with van der Waals surface area (Å²) in [7, 11) is -7.69. The second-order valence-electron chi connectivity index (χ2n) is 13.8. The van der Waals surface area contributed by atoms with Crippen LogP contribution in [0.3, 0.4) is 0 Å². The molecule has 256 valence electrons. The van der Waals surface area contributed by atoms with E-state index in [-0.39, 0.29) is 47.2 Å². The van der Waals surface area contributed by atoms with Crippen molar-refractivity contribution in [3.8, 4) is 5.75 Å². The number of aryl methyl sites for hydroxylation is 1. The van der Waals surface area contributed by atoms with E-state index in [2.05, 4.69) is 15.7 Å². The quantitative estimate of drug-likeness (QED) is 0.441. The van der Waals surface area contributed by atoms with Crippen LogP contribution >= 0.6 is 11.6 Å². The first kappa shape index (κ1) is 34.2. The van der Waals surface area contributed by atoms with Crippen LogP contribution in [0, 0.1) is 17.8 Å². The number of halogens is 1. The highest BCUT2D eigenvalue weighted by Gasteiger charge is 2.44. The number of amides is 1. The predicted octanol–water partition coefficient (Wildman–Crippen LogP) is 4.56. The minimum Gasteiger partial charge on any atom is -0.490 e. The van der Waals surface area contributed by atoms with Gasteiger partial charge in [-0.3, -0.25) is 4.79 Å². The number of primary sulfonamides is 1. The van der Waals surface area contributed by atoms with Crippen LogP contribution in [0.25, 0.3) is 0 Å². The van der Waals surface area contributed by atoms with E-state index in [1.54, 1.807) is 25.1 Å². The van der Waals surface area contributed by atoms with Gasteiger partial charge in [0.15, 0.2) is 0 Å². The van der Waals surface area contributed by atoms with Crippen molar-refractivity contribution in [3.63, 3.8) is 0 Å². The van der Waals surface area contributed by atoms with Gasteiger partial charge in [-0.15, -0.1) is 0 Å². The van der Waals surface area contributed by atoms with Crippen molar-refractivity contribution in [2.24, 2.45) is 22.9 Å². The number of carbonyl (C=O) groups is 1. The summed E-state index contributed by atoms with van der Waals surface area (Å²) in [5.41, 5.74) is 3.11. The van der Waals surface area contributed by atoms with Gasteiger partial charge in [0.05, 0.1) is 36.0 Å². The molecule has 0 radical (unpaired) electrons. The number of nitrogens with zero attached hydrogens (tertiary/aromatic N) is 1. The molecule has 1 fully saturated rings. The van der Waals surface area contributed by atoms with Gasteiger partial charge in [0, 0.05) is 29.1 Å². The van der Waals surface area contributed by atoms with Crippen LogP contribution in [0.5, 0.6) is 5.75 Å². The molecule has 2 aromatic rings. The minimum atomic E-state index is -3.99. The van der Waals surface area contributed by atoms with E-state index in [1.807, 2.05) is 31.2 Å². The molecule has 10 nitrogen and oxygen atoms in total. The lowest BCUT2D eigenvalue weighted by Gasteiger charge is -2.46. The Morgan fingerprint density at radius 3 is 2.72 bits per heavy atom. The third kappa shape index (κ3) is 7.36. The maximum absolute atomic E-state index is 13.4. The number of nitrogens with one attached hydrogen (secondary N) is 1. The van der Waals surface area contributed by atoms with Crippen molar-refractivity contribution in [2.45, 2.75) is 69.1 Å². The molecule has 0 aromatic heterocycles. The normalized spacial score (nSPS) is 31.4. The van der Waals surface area contributed by atoms with Gasteiger partial charge in [-0.1, -0.05) is 36.7 Å². The van der Waals surface area contributed by atoms with Crippen molar-refractivity contribution in [2.75, 3.05) is 37.0 Å². The maximum Gasteiger partial charge on any atom is 0.264 e. The SMILES string of the molecule is C[C@@H]1[C@@H](C)C/C=C/[C@H](OCCS(N)(=O)=O)[C@@H]2CC[C@H]2CN2C[C@@]3(CCCc4cc(Cl)ccc43)COc3ccc(cc32)C(=O)NS1(=O)=O. The Balaban J connectivity index is 1.40. The number of sulfonamides is 2. The molecule has 4 aliphatic rings. The molecule has 6 rings (SSSR count). The summed E-state index contributed by atoms with van der Waals surface area (Å²) in [4.78, 5) is 15.7. The van der Waals surface area contributed by atoms with E-state index in [0.29, 0.717) is 36.9 Å². The van der Waals surface area contributed by atoms with Crippen molar-refractivity contribution >= 4 is 43.2 Å². The highest BCUT2D eigenvalue weighted by Crippen LogP contribution is 2.47. The molecule has 0 saturated heterocycles. The lowest BCUT2D eigenvalue weighted by molar-refractivity contribution is -0.00789. The first-order chi connectivity index (χ1) is 22.2. The van der Waals surface area contributed by atoms with Crippen LogP contribution in [0.15, 0.2) is 48.6 Å². The number of hydrogen-bond donors (Lipinski definition) is 2. The van der Waals surface area contributed by atoms with E-state index in [4.69, 9.17) is 26.2 Å². The van der Waals surface area contributed by atoms with Gasteiger partial charge >= 0.3 is 0 Å². The average Bonchev–Trinajstić information content (AvgIpc) is 3.14. The number of carbonyl (C=O) groups excluding carboxylic acids is 1. The molecule has 1 amide bonds. The Kier molecular flexibility index (Phi) is 9.72. The number of anilines is 1. The van der Waals surface area contributed by atoms with Gasteiger partial charge in [-0.2, -0.15) is 0 Å². The second-order valence-corrected chi connectivity index (χ2v) is 18.0. The fraction of sp³-hybridized carbons (Fsp3) is 0.559. The van der Waals surface area contributed by atoms with Crippen molar-refractivity contribution in [3.05, 3.63) is 70.3 Å². The summed E-state index contributed by atoms with van der Waals surface area (Å²) in [6.45, 7) is 5.15. The molecule has 2 aliphatic heterocycles. The van der Waals surface area contributed by atoms with Crippen molar-refractivity contribution in [1.82, 2.24) is 4.72 Å². The average molecular weight is 706 g/mol. The lowest BCUT2D eigenvalue weighted by atomic mass is 9.68. The molecule has 2 aliphatic carbocycles. The first-order valence-corrected chi connectivity index (χ1v) is 20.0. The molecule has 3 N–H and O–H groups in total. The fourth-order valence-electron chi connectivity index (χ4n) is 7.62. The summed E-state index contributed by atoms with van der Waals surface area (Å²) in [6.07, 6.45) is 8.66. The van der Waals surface area contributed by atoms with Crippen LogP contribution in [0.4, 0.5) is 5.69 Å². The Bertz CT molecular complexity index is 1770. The maximum atomic E-state index is 13.4. The van der Waals surface area contributed by atoms with Crippen molar-refractivity contribution in [1.29, 1.82) is 0 Å². The highest BCUT2D eigenvalue weighted by molar-refractivity contribution is 7.90. The number of rotatable bonds is 4. The second kappa shape index (κ2) is 13.3. The van der Waals surface area contributed by atoms with Gasteiger partial charge in [-0.05, 0) is 105 Å². The first-order valence-electron chi connectivity index (χ1n) is 16.4. The Morgan fingerprint density at radius 1 is 1.17 bits per heavy atom. The topological polar surface area (TPSA) is 145 Å². The molecule has 2 bridgehead atoms. The molecule has 6 atom stereocenters. The van der Waals surface area contributed by atoms with Gasteiger partial charge in [0.2, 0.25) is 20.0 Å². The number of ether oxygens (including phenoxy) is 2. The van der Waals surface area contributed by atoms with E-state index in [9.17, 15) is 21.6 Å². The monoisotopic (exact) mass is 705 g/mol. The molecule has 47 heavy (non-hydrogen) atoms. The molecular weight excluding hydrogens is 662 g/mol. The Hall–Kier alpha value is -2.64. The van der Waals surface area contributed by atoms with Crippen LogP contribution in [0.1, 0.15) is 67.4 Å². The minimum absolute atomic E-state index is 0.0321. The Labute approximate surface area is 283 Å². The predicted molar refractivity (Wildman–Crippen MR) is 183 cm³/mol. The van der Waals surface area contributed by atoms with Gasteiger partial charge in [-0.25, -0.2) is 26.7 Å². The zero-order chi connectivity index (χ0) is 33.6. The largest absolute Gasteiger partial charge is 0.490 e. The smallest absolute Gasteiger partial charge is 0.264 e. The zero-order valence-electron chi connectivity index (χ0n) is 26.9.